The Hall–Kier alpha value is -3.09. The highest BCUT2D eigenvalue weighted by Gasteiger charge is 2.60. The van der Waals surface area contributed by atoms with Gasteiger partial charge in [0.15, 0.2) is 5.82 Å². The van der Waals surface area contributed by atoms with Crippen LogP contribution in [0.3, 0.4) is 0 Å². The lowest BCUT2D eigenvalue weighted by Gasteiger charge is -2.40. The fourth-order valence-electron chi connectivity index (χ4n) is 4.02. The number of nitrogens with one attached hydrogen (secondary N) is 1. The van der Waals surface area contributed by atoms with Gasteiger partial charge in [-0.25, -0.2) is 15.0 Å². The highest BCUT2D eigenvalue weighted by Crippen LogP contribution is 2.56. The third kappa shape index (κ3) is 2.08. The van der Waals surface area contributed by atoms with Crippen LogP contribution < -0.4 is 0 Å². The fraction of sp³-hybridized carbons (Fsp3) is 0.278. The summed E-state index contributed by atoms with van der Waals surface area (Å²) < 4.78 is 0. The van der Waals surface area contributed by atoms with Gasteiger partial charge in [0.05, 0.1) is 5.56 Å². The summed E-state index contributed by atoms with van der Waals surface area (Å²) in [5.74, 6) is 1.91. The molecule has 6 rings (SSSR count). The average Bonchev–Trinajstić information content (AvgIpc) is 3.36. The molecule has 3 aliphatic rings. The number of carbonyl (C=O) groups is 1. The van der Waals surface area contributed by atoms with Crippen LogP contribution >= 0.6 is 0 Å². The van der Waals surface area contributed by atoms with E-state index in [0.717, 1.165) is 25.2 Å². The summed E-state index contributed by atoms with van der Waals surface area (Å²) in [5.41, 5.74) is 0.903. The lowest BCUT2D eigenvalue weighted by atomic mass is 9.72. The van der Waals surface area contributed by atoms with Crippen molar-refractivity contribution in [1.29, 1.82) is 0 Å². The molecule has 0 aromatic carbocycles. The number of nitrogens with zero attached hydrogens (tertiary/aromatic N) is 5. The molecule has 3 aromatic rings. The summed E-state index contributed by atoms with van der Waals surface area (Å²) in [6.45, 7) is 0.765. The van der Waals surface area contributed by atoms with Gasteiger partial charge in [0.1, 0.15) is 17.1 Å². The van der Waals surface area contributed by atoms with E-state index in [1.165, 1.54) is 0 Å². The van der Waals surface area contributed by atoms with Crippen molar-refractivity contribution < 1.29 is 4.79 Å². The molecule has 7 heteroatoms. The number of imidazole rings is 1. The first-order chi connectivity index (χ1) is 12.3. The SMILES string of the molecule is O=C(c1cnc(-c2ccccn2)nc1)N1CC2CC1(c1ncc[nH]1)C2. The highest BCUT2D eigenvalue weighted by atomic mass is 16.2. The maximum absolute atomic E-state index is 13.0. The number of fused-ring (bicyclic) bond motifs is 1. The maximum Gasteiger partial charge on any atom is 0.257 e. The second-order valence-electron chi connectivity index (χ2n) is 6.67. The van der Waals surface area contributed by atoms with Crippen molar-refractivity contribution in [1.82, 2.24) is 29.8 Å². The first kappa shape index (κ1) is 14.3. The van der Waals surface area contributed by atoms with Crippen molar-refractivity contribution in [3.63, 3.8) is 0 Å². The van der Waals surface area contributed by atoms with E-state index in [1.54, 1.807) is 24.8 Å². The quantitative estimate of drug-likeness (QED) is 0.793. The normalized spacial score (nSPS) is 24.2. The predicted octanol–water partition coefficient (Wildman–Crippen LogP) is 2.02. The standard InChI is InChI=1S/C18H16N6O/c25-16(13-9-22-15(23-10-13)14-3-1-2-4-19-14)24-11-12-7-18(24,8-12)17-20-5-6-21-17/h1-6,9-10,12H,7-8,11H2,(H,20,21). The molecule has 0 unspecified atom stereocenters. The Bertz CT molecular complexity index is 901. The average molecular weight is 332 g/mol. The molecule has 0 atom stereocenters. The van der Waals surface area contributed by atoms with Crippen molar-refractivity contribution in [2.24, 2.45) is 5.92 Å². The third-order valence-electron chi connectivity index (χ3n) is 5.19. The molecular formula is C18H16N6O. The van der Waals surface area contributed by atoms with E-state index in [0.29, 0.717) is 23.0 Å². The smallest absolute Gasteiger partial charge is 0.257 e. The lowest BCUT2D eigenvalue weighted by Crippen LogP contribution is -2.46. The van der Waals surface area contributed by atoms with E-state index in [2.05, 4.69) is 24.9 Å². The minimum absolute atomic E-state index is 0.0380. The number of pyridine rings is 1. The Balaban J connectivity index is 1.43. The van der Waals surface area contributed by atoms with Crippen LogP contribution in [0.1, 0.15) is 29.0 Å². The zero-order chi connectivity index (χ0) is 16.9. The molecule has 124 valence electrons. The van der Waals surface area contributed by atoms with Crippen molar-refractivity contribution >= 4 is 5.91 Å². The first-order valence-electron chi connectivity index (χ1n) is 8.31. The van der Waals surface area contributed by atoms with E-state index < -0.39 is 0 Å². The van der Waals surface area contributed by atoms with Gasteiger partial charge in [-0.2, -0.15) is 0 Å². The Morgan fingerprint density at radius 3 is 2.64 bits per heavy atom. The minimum Gasteiger partial charge on any atom is -0.347 e. The molecule has 1 aliphatic carbocycles. The molecule has 2 bridgehead atoms. The number of carbonyl (C=O) groups excluding carboxylic acids is 1. The summed E-state index contributed by atoms with van der Waals surface area (Å²) in [5, 5.41) is 0. The summed E-state index contributed by atoms with van der Waals surface area (Å²) >= 11 is 0. The van der Waals surface area contributed by atoms with E-state index in [4.69, 9.17) is 0 Å². The van der Waals surface area contributed by atoms with Gasteiger partial charge in [-0.3, -0.25) is 9.78 Å². The van der Waals surface area contributed by atoms with Crippen LogP contribution in [0.15, 0.2) is 49.2 Å². The fourth-order valence-corrected chi connectivity index (χ4v) is 4.02. The van der Waals surface area contributed by atoms with E-state index in [9.17, 15) is 4.79 Å². The monoisotopic (exact) mass is 332 g/mol. The molecule has 1 N–H and O–H groups in total. The second kappa shape index (κ2) is 5.20. The number of rotatable bonds is 3. The lowest BCUT2D eigenvalue weighted by molar-refractivity contribution is 0.0527. The van der Waals surface area contributed by atoms with Crippen LogP contribution in [0.5, 0.6) is 0 Å². The van der Waals surface area contributed by atoms with Gasteiger partial charge < -0.3 is 9.88 Å². The molecule has 2 saturated heterocycles. The van der Waals surface area contributed by atoms with E-state index >= 15 is 0 Å². The van der Waals surface area contributed by atoms with Crippen LogP contribution in [0, 0.1) is 5.92 Å². The van der Waals surface area contributed by atoms with Crippen LogP contribution in [0.4, 0.5) is 0 Å². The zero-order valence-electron chi connectivity index (χ0n) is 13.5. The molecule has 5 heterocycles. The molecule has 2 aliphatic heterocycles. The molecular weight excluding hydrogens is 316 g/mol. The van der Waals surface area contributed by atoms with E-state index in [1.807, 2.05) is 29.3 Å². The van der Waals surface area contributed by atoms with Crippen LogP contribution in [-0.4, -0.2) is 42.3 Å². The molecule has 0 radical (unpaired) electrons. The number of amides is 1. The maximum atomic E-state index is 13.0. The number of H-pyrrole nitrogens is 1. The first-order valence-corrected chi connectivity index (χ1v) is 8.31. The number of aromatic nitrogens is 5. The van der Waals surface area contributed by atoms with Crippen molar-refractivity contribution in [2.75, 3.05) is 6.54 Å². The van der Waals surface area contributed by atoms with Gasteiger partial charge in [0.25, 0.3) is 5.91 Å². The van der Waals surface area contributed by atoms with E-state index in [-0.39, 0.29) is 11.4 Å². The van der Waals surface area contributed by atoms with Gasteiger partial charge in [-0.1, -0.05) is 6.07 Å². The molecule has 1 amide bonds. The van der Waals surface area contributed by atoms with Gasteiger partial charge in [-0.15, -0.1) is 0 Å². The van der Waals surface area contributed by atoms with Crippen LogP contribution in [0.2, 0.25) is 0 Å². The molecule has 1 saturated carbocycles. The van der Waals surface area contributed by atoms with Crippen molar-refractivity contribution in [2.45, 2.75) is 18.4 Å². The molecule has 0 spiro atoms. The number of hydrogen-bond acceptors (Lipinski definition) is 5. The van der Waals surface area contributed by atoms with Gasteiger partial charge in [-0.05, 0) is 30.9 Å². The van der Waals surface area contributed by atoms with Gasteiger partial charge >= 0.3 is 0 Å². The Kier molecular flexibility index (Phi) is 2.97. The zero-order valence-corrected chi connectivity index (χ0v) is 13.5. The molecule has 7 nitrogen and oxygen atoms in total. The Morgan fingerprint density at radius 2 is 1.96 bits per heavy atom. The number of hydrogen-bond donors (Lipinski definition) is 1. The topological polar surface area (TPSA) is 87.7 Å². The summed E-state index contributed by atoms with van der Waals surface area (Å²) in [7, 11) is 0. The summed E-state index contributed by atoms with van der Waals surface area (Å²) in [4.78, 5) is 35.4. The van der Waals surface area contributed by atoms with Crippen molar-refractivity contribution in [3.05, 3.63) is 60.6 Å². The van der Waals surface area contributed by atoms with Gasteiger partial charge in [0, 0.05) is 37.5 Å². The minimum atomic E-state index is -0.287. The predicted molar refractivity (Wildman–Crippen MR) is 89.3 cm³/mol. The van der Waals surface area contributed by atoms with Crippen LogP contribution in [-0.2, 0) is 5.54 Å². The third-order valence-corrected chi connectivity index (χ3v) is 5.19. The summed E-state index contributed by atoms with van der Waals surface area (Å²) in [6.07, 6.45) is 10.4. The molecule has 25 heavy (non-hydrogen) atoms. The second-order valence-corrected chi connectivity index (χ2v) is 6.67. The van der Waals surface area contributed by atoms with Gasteiger partial charge in [0.2, 0.25) is 0 Å². The van der Waals surface area contributed by atoms with Crippen molar-refractivity contribution in [3.8, 4) is 11.5 Å². The Labute approximate surface area is 144 Å². The number of aromatic amines is 1. The molecule has 3 aromatic heterocycles. The molecule has 3 fully saturated rings. The summed E-state index contributed by atoms with van der Waals surface area (Å²) in [6, 6.07) is 5.57. The van der Waals surface area contributed by atoms with Crippen LogP contribution in [0.25, 0.3) is 11.5 Å². The Morgan fingerprint density at radius 1 is 1.12 bits per heavy atom. The highest BCUT2D eigenvalue weighted by molar-refractivity contribution is 5.95. The largest absolute Gasteiger partial charge is 0.347 e.